The van der Waals surface area contributed by atoms with Gasteiger partial charge in [-0.3, -0.25) is 0 Å². The van der Waals surface area contributed by atoms with E-state index in [1.807, 2.05) is 12.1 Å². The monoisotopic (exact) mass is 335 g/mol. The maximum Gasteiger partial charge on any atom is 0.103 e. The van der Waals surface area contributed by atoms with Crippen LogP contribution in [-0.4, -0.2) is 6.04 Å². The molecule has 108 valence electrons. The molecule has 20 heavy (non-hydrogen) atoms. The third-order valence-corrected chi connectivity index (χ3v) is 4.10. The lowest BCUT2D eigenvalue weighted by Crippen LogP contribution is -2.30. The van der Waals surface area contributed by atoms with E-state index in [9.17, 15) is 0 Å². The topological polar surface area (TPSA) is 25.2 Å². The molecular formula is C17H22BrNO. The van der Waals surface area contributed by atoms with Crippen molar-refractivity contribution in [1.82, 2.24) is 5.32 Å². The van der Waals surface area contributed by atoms with Gasteiger partial charge in [-0.05, 0) is 49.6 Å². The SMILES string of the molecule is CCC(NC(C)CCc1ccco1)c1ccc(Br)cc1. The molecule has 1 aromatic carbocycles. The fraction of sp³-hybridized carbons (Fsp3) is 0.412. The Labute approximate surface area is 129 Å². The van der Waals surface area contributed by atoms with Crippen molar-refractivity contribution in [2.75, 3.05) is 0 Å². The first-order valence-corrected chi connectivity index (χ1v) is 8.02. The Morgan fingerprint density at radius 1 is 1.20 bits per heavy atom. The van der Waals surface area contributed by atoms with Gasteiger partial charge in [0.1, 0.15) is 5.76 Å². The average molecular weight is 336 g/mol. The minimum Gasteiger partial charge on any atom is -0.469 e. The summed E-state index contributed by atoms with van der Waals surface area (Å²) in [5.74, 6) is 1.07. The van der Waals surface area contributed by atoms with Gasteiger partial charge >= 0.3 is 0 Å². The number of hydrogen-bond donors (Lipinski definition) is 1. The van der Waals surface area contributed by atoms with Crippen LogP contribution < -0.4 is 5.32 Å². The summed E-state index contributed by atoms with van der Waals surface area (Å²) < 4.78 is 6.51. The molecule has 2 rings (SSSR count). The zero-order valence-corrected chi connectivity index (χ0v) is 13.7. The van der Waals surface area contributed by atoms with Crippen LogP contribution in [0.3, 0.4) is 0 Å². The van der Waals surface area contributed by atoms with E-state index in [0.717, 1.165) is 29.5 Å². The molecule has 2 nitrogen and oxygen atoms in total. The summed E-state index contributed by atoms with van der Waals surface area (Å²) in [5.41, 5.74) is 1.35. The number of rotatable bonds is 7. The largest absolute Gasteiger partial charge is 0.469 e. The highest BCUT2D eigenvalue weighted by Crippen LogP contribution is 2.20. The second kappa shape index (κ2) is 7.65. The molecule has 0 bridgehead atoms. The van der Waals surface area contributed by atoms with Crippen LogP contribution in [0.5, 0.6) is 0 Å². The fourth-order valence-corrected chi connectivity index (χ4v) is 2.65. The second-order valence-corrected chi connectivity index (χ2v) is 6.11. The van der Waals surface area contributed by atoms with Crippen LogP contribution in [0.25, 0.3) is 0 Å². The number of furan rings is 1. The van der Waals surface area contributed by atoms with E-state index in [4.69, 9.17) is 4.42 Å². The van der Waals surface area contributed by atoms with Gasteiger partial charge in [0.25, 0.3) is 0 Å². The zero-order valence-electron chi connectivity index (χ0n) is 12.1. The van der Waals surface area contributed by atoms with Crippen molar-refractivity contribution >= 4 is 15.9 Å². The highest BCUT2D eigenvalue weighted by atomic mass is 79.9. The fourth-order valence-electron chi connectivity index (χ4n) is 2.39. The highest BCUT2D eigenvalue weighted by Gasteiger charge is 2.12. The van der Waals surface area contributed by atoms with Crippen molar-refractivity contribution in [3.05, 3.63) is 58.5 Å². The van der Waals surface area contributed by atoms with Crippen molar-refractivity contribution in [1.29, 1.82) is 0 Å². The molecule has 0 spiro atoms. The lowest BCUT2D eigenvalue weighted by atomic mass is 10.0. The van der Waals surface area contributed by atoms with E-state index < -0.39 is 0 Å². The van der Waals surface area contributed by atoms with Crippen molar-refractivity contribution in [2.45, 2.75) is 45.2 Å². The van der Waals surface area contributed by atoms with Crippen LogP contribution in [0, 0.1) is 0 Å². The van der Waals surface area contributed by atoms with Crippen LogP contribution in [0.1, 0.15) is 44.1 Å². The molecule has 0 saturated heterocycles. The number of halogens is 1. The van der Waals surface area contributed by atoms with Gasteiger partial charge in [0.2, 0.25) is 0 Å². The van der Waals surface area contributed by atoms with E-state index >= 15 is 0 Å². The smallest absolute Gasteiger partial charge is 0.103 e. The summed E-state index contributed by atoms with van der Waals surface area (Å²) in [4.78, 5) is 0. The minimum atomic E-state index is 0.412. The molecule has 0 fully saturated rings. The highest BCUT2D eigenvalue weighted by molar-refractivity contribution is 9.10. The Morgan fingerprint density at radius 3 is 2.55 bits per heavy atom. The summed E-state index contributed by atoms with van der Waals surface area (Å²) >= 11 is 3.48. The van der Waals surface area contributed by atoms with Gasteiger partial charge in [-0.15, -0.1) is 0 Å². The summed E-state index contributed by atoms with van der Waals surface area (Å²) in [6, 6.07) is 13.4. The third-order valence-electron chi connectivity index (χ3n) is 3.57. The number of benzene rings is 1. The molecule has 1 aromatic heterocycles. The predicted molar refractivity (Wildman–Crippen MR) is 86.8 cm³/mol. The molecule has 0 aliphatic rings. The Kier molecular flexibility index (Phi) is 5.86. The quantitative estimate of drug-likeness (QED) is 0.761. The van der Waals surface area contributed by atoms with E-state index in [1.165, 1.54) is 5.56 Å². The van der Waals surface area contributed by atoms with Gasteiger partial charge in [-0.2, -0.15) is 0 Å². The van der Waals surface area contributed by atoms with E-state index in [1.54, 1.807) is 6.26 Å². The van der Waals surface area contributed by atoms with Crippen molar-refractivity contribution < 1.29 is 4.42 Å². The van der Waals surface area contributed by atoms with Crippen LogP contribution in [-0.2, 0) is 6.42 Å². The summed E-state index contributed by atoms with van der Waals surface area (Å²) in [6.45, 7) is 4.46. The summed E-state index contributed by atoms with van der Waals surface area (Å²) in [7, 11) is 0. The molecule has 1 heterocycles. The molecular weight excluding hydrogens is 314 g/mol. The van der Waals surface area contributed by atoms with Gasteiger partial charge in [0.15, 0.2) is 0 Å². The molecule has 0 radical (unpaired) electrons. The summed E-state index contributed by atoms with van der Waals surface area (Å²) in [6.07, 6.45) is 4.90. The Balaban J connectivity index is 1.87. The standard InChI is InChI=1S/C17H22BrNO/c1-3-17(14-7-9-15(18)10-8-14)19-13(2)6-11-16-5-4-12-20-16/h4-5,7-10,12-13,17,19H,3,6,11H2,1-2H3. The Hall–Kier alpha value is -1.06. The van der Waals surface area contributed by atoms with E-state index in [-0.39, 0.29) is 0 Å². The number of aryl methyl sites for hydroxylation is 1. The molecule has 0 aliphatic carbocycles. The van der Waals surface area contributed by atoms with Crippen LogP contribution >= 0.6 is 15.9 Å². The Morgan fingerprint density at radius 2 is 1.95 bits per heavy atom. The van der Waals surface area contributed by atoms with Gasteiger partial charge in [-0.25, -0.2) is 0 Å². The van der Waals surface area contributed by atoms with Crippen molar-refractivity contribution in [3.63, 3.8) is 0 Å². The first-order chi connectivity index (χ1) is 9.69. The molecule has 1 N–H and O–H groups in total. The molecule has 2 atom stereocenters. The normalized spacial score (nSPS) is 14.2. The Bertz CT molecular complexity index is 492. The molecule has 0 amide bonds. The molecule has 0 aliphatic heterocycles. The van der Waals surface area contributed by atoms with Gasteiger partial charge in [0.05, 0.1) is 6.26 Å². The van der Waals surface area contributed by atoms with E-state index in [2.05, 4.69) is 59.4 Å². The zero-order chi connectivity index (χ0) is 14.4. The lowest BCUT2D eigenvalue weighted by molar-refractivity contribution is 0.411. The van der Waals surface area contributed by atoms with Crippen molar-refractivity contribution in [3.8, 4) is 0 Å². The molecule has 3 heteroatoms. The number of nitrogens with one attached hydrogen (secondary N) is 1. The first kappa shape index (κ1) is 15.3. The van der Waals surface area contributed by atoms with Gasteiger partial charge in [-0.1, -0.05) is 35.0 Å². The summed E-state index contributed by atoms with van der Waals surface area (Å²) in [5, 5.41) is 3.71. The van der Waals surface area contributed by atoms with Gasteiger partial charge in [0, 0.05) is 23.0 Å². The molecule has 0 saturated carbocycles. The number of hydrogen-bond acceptors (Lipinski definition) is 2. The van der Waals surface area contributed by atoms with E-state index in [0.29, 0.717) is 12.1 Å². The predicted octanol–water partition coefficient (Wildman–Crippen LogP) is 5.10. The lowest BCUT2D eigenvalue weighted by Gasteiger charge is -2.22. The maximum atomic E-state index is 5.38. The van der Waals surface area contributed by atoms with Crippen LogP contribution in [0.2, 0.25) is 0 Å². The minimum absolute atomic E-state index is 0.412. The van der Waals surface area contributed by atoms with Crippen LogP contribution in [0.15, 0.2) is 51.6 Å². The third kappa shape index (κ3) is 4.50. The first-order valence-electron chi connectivity index (χ1n) is 7.23. The molecule has 2 aromatic rings. The van der Waals surface area contributed by atoms with Crippen molar-refractivity contribution in [2.24, 2.45) is 0 Å². The average Bonchev–Trinajstić information content (AvgIpc) is 2.97. The van der Waals surface area contributed by atoms with Gasteiger partial charge < -0.3 is 9.73 Å². The van der Waals surface area contributed by atoms with Crippen LogP contribution in [0.4, 0.5) is 0 Å². The molecule has 2 unspecified atom stereocenters. The maximum absolute atomic E-state index is 5.38. The second-order valence-electron chi connectivity index (χ2n) is 5.20.